The number of imide groups is 1. The SMILES string of the molecule is Cc1cccc(C(C)C)c1NC(=O)CN1C(=O)N[C@](C)(c2ccc(Br)s2)C1=O. The summed E-state index contributed by atoms with van der Waals surface area (Å²) in [6, 6.07) is 8.88. The van der Waals surface area contributed by atoms with E-state index < -0.39 is 23.4 Å². The molecule has 0 spiro atoms. The van der Waals surface area contributed by atoms with Crippen molar-refractivity contribution in [2.45, 2.75) is 39.2 Å². The van der Waals surface area contributed by atoms with Crippen molar-refractivity contribution in [3.63, 3.8) is 0 Å². The Kier molecular flexibility index (Phi) is 5.63. The third-order valence-corrected chi connectivity index (χ3v) is 6.68. The fraction of sp³-hybridized carbons (Fsp3) is 0.350. The highest BCUT2D eigenvalue weighted by Gasteiger charge is 2.50. The fourth-order valence-electron chi connectivity index (χ4n) is 3.26. The second kappa shape index (κ2) is 7.67. The molecule has 2 N–H and O–H groups in total. The number of hydrogen-bond donors (Lipinski definition) is 2. The van der Waals surface area contributed by atoms with Crippen LogP contribution in [0.4, 0.5) is 10.5 Å². The molecule has 1 aliphatic heterocycles. The van der Waals surface area contributed by atoms with Crippen molar-refractivity contribution in [3.05, 3.63) is 50.1 Å². The van der Waals surface area contributed by atoms with Gasteiger partial charge in [0.25, 0.3) is 5.91 Å². The lowest BCUT2D eigenvalue weighted by molar-refractivity contribution is -0.133. The van der Waals surface area contributed by atoms with Crippen LogP contribution in [-0.4, -0.2) is 29.3 Å². The number of amides is 4. The Balaban J connectivity index is 1.78. The van der Waals surface area contributed by atoms with Crippen molar-refractivity contribution in [2.75, 3.05) is 11.9 Å². The molecule has 0 unspecified atom stereocenters. The van der Waals surface area contributed by atoms with E-state index >= 15 is 0 Å². The van der Waals surface area contributed by atoms with Crippen LogP contribution in [0, 0.1) is 6.92 Å². The van der Waals surface area contributed by atoms with Crippen LogP contribution in [-0.2, 0) is 15.1 Å². The Morgan fingerprint density at radius 2 is 2.00 bits per heavy atom. The van der Waals surface area contributed by atoms with Crippen molar-refractivity contribution in [1.29, 1.82) is 0 Å². The van der Waals surface area contributed by atoms with E-state index in [1.165, 1.54) is 11.3 Å². The summed E-state index contributed by atoms with van der Waals surface area (Å²) < 4.78 is 0.864. The minimum Gasteiger partial charge on any atom is -0.324 e. The molecule has 3 rings (SSSR count). The van der Waals surface area contributed by atoms with Gasteiger partial charge in [0, 0.05) is 10.6 Å². The van der Waals surface area contributed by atoms with Gasteiger partial charge in [-0.15, -0.1) is 11.3 Å². The summed E-state index contributed by atoms with van der Waals surface area (Å²) in [5.41, 5.74) is 1.52. The van der Waals surface area contributed by atoms with Crippen LogP contribution in [0.15, 0.2) is 34.1 Å². The molecule has 0 bridgehead atoms. The van der Waals surface area contributed by atoms with Gasteiger partial charge in [-0.3, -0.25) is 14.5 Å². The molecule has 1 aliphatic rings. The number of aryl methyl sites for hydroxylation is 1. The Bertz CT molecular complexity index is 956. The Morgan fingerprint density at radius 3 is 2.61 bits per heavy atom. The monoisotopic (exact) mass is 463 g/mol. The molecule has 4 amide bonds. The zero-order valence-electron chi connectivity index (χ0n) is 16.1. The summed E-state index contributed by atoms with van der Waals surface area (Å²) in [6.45, 7) is 7.33. The average Bonchev–Trinajstić information content (AvgIpc) is 3.15. The molecule has 8 heteroatoms. The van der Waals surface area contributed by atoms with Crippen LogP contribution in [0.2, 0.25) is 0 Å². The number of nitrogens with one attached hydrogen (secondary N) is 2. The highest BCUT2D eigenvalue weighted by atomic mass is 79.9. The lowest BCUT2D eigenvalue weighted by atomic mass is 9.98. The van der Waals surface area contributed by atoms with Crippen LogP contribution in [0.25, 0.3) is 0 Å². The van der Waals surface area contributed by atoms with Gasteiger partial charge in [-0.25, -0.2) is 4.79 Å². The largest absolute Gasteiger partial charge is 0.325 e. The maximum atomic E-state index is 12.9. The van der Waals surface area contributed by atoms with E-state index in [4.69, 9.17) is 0 Å². The van der Waals surface area contributed by atoms with Gasteiger partial charge in [0.2, 0.25) is 5.91 Å². The van der Waals surface area contributed by atoms with Gasteiger partial charge in [0.1, 0.15) is 6.54 Å². The highest BCUT2D eigenvalue weighted by Crippen LogP contribution is 2.35. The first-order chi connectivity index (χ1) is 13.1. The smallest absolute Gasteiger partial charge is 0.324 e. The van der Waals surface area contributed by atoms with Crippen LogP contribution >= 0.6 is 27.3 Å². The Labute approximate surface area is 176 Å². The molecular weight excluding hydrogens is 442 g/mol. The van der Waals surface area contributed by atoms with Crippen molar-refractivity contribution in [3.8, 4) is 0 Å². The number of carbonyl (C=O) groups is 3. The predicted octanol–water partition coefficient (Wildman–Crippen LogP) is 4.35. The minimum absolute atomic E-state index is 0.229. The average molecular weight is 464 g/mol. The van der Waals surface area contributed by atoms with Crippen LogP contribution in [0.5, 0.6) is 0 Å². The van der Waals surface area contributed by atoms with Gasteiger partial charge in [-0.2, -0.15) is 0 Å². The van der Waals surface area contributed by atoms with E-state index in [0.29, 0.717) is 4.88 Å². The normalized spacial score (nSPS) is 19.3. The van der Waals surface area contributed by atoms with Crippen molar-refractivity contribution < 1.29 is 14.4 Å². The molecule has 0 aliphatic carbocycles. The molecule has 2 aromatic rings. The molecule has 0 saturated carbocycles. The van der Waals surface area contributed by atoms with Crippen molar-refractivity contribution >= 4 is 50.8 Å². The number of nitrogens with zero attached hydrogens (tertiary/aromatic N) is 1. The first-order valence-corrected chi connectivity index (χ1v) is 10.5. The number of benzene rings is 1. The fourth-order valence-corrected chi connectivity index (χ4v) is 4.74. The number of thiophene rings is 1. The third kappa shape index (κ3) is 3.71. The Morgan fingerprint density at radius 1 is 1.29 bits per heavy atom. The first kappa shape index (κ1) is 20.5. The summed E-state index contributed by atoms with van der Waals surface area (Å²) in [5.74, 6) is -0.611. The number of halogens is 1. The lowest BCUT2D eigenvalue weighted by Crippen LogP contribution is -2.41. The molecule has 6 nitrogen and oxygen atoms in total. The van der Waals surface area contributed by atoms with Gasteiger partial charge < -0.3 is 10.6 Å². The van der Waals surface area contributed by atoms with Crippen LogP contribution < -0.4 is 10.6 Å². The maximum absolute atomic E-state index is 12.9. The van der Waals surface area contributed by atoms with Crippen molar-refractivity contribution in [1.82, 2.24) is 10.2 Å². The molecule has 0 radical (unpaired) electrons. The summed E-state index contributed by atoms with van der Waals surface area (Å²) in [6.07, 6.45) is 0. The number of hydrogen-bond acceptors (Lipinski definition) is 4. The molecule has 1 saturated heterocycles. The Hall–Kier alpha value is -2.19. The van der Waals surface area contributed by atoms with Gasteiger partial charge in [-0.05, 0) is 59.0 Å². The van der Waals surface area contributed by atoms with Gasteiger partial charge in [0.05, 0.1) is 3.79 Å². The summed E-state index contributed by atoms with van der Waals surface area (Å²) in [7, 11) is 0. The molecule has 2 heterocycles. The topological polar surface area (TPSA) is 78.5 Å². The molecular formula is C20H22BrN3O3S. The number of urea groups is 1. The highest BCUT2D eigenvalue weighted by molar-refractivity contribution is 9.11. The van der Waals surface area contributed by atoms with E-state index in [9.17, 15) is 14.4 Å². The van der Waals surface area contributed by atoms with E-state index in [2.05, 4.69) is 26.6 Å². The molecule has 1 aromatic heterocycles. The number of anilines is 1. The third-order valence-electron chi connectivity index (χ3n) is 4.83. The van der Waals surface area contributed by atoms with E-state index in [1.807, 2.05) is 45.0 Å². The standard InChI is InChI=1S/C20H22BrN3O3S/c1-11(2)13-7-5-6-12(3)17(13)22-16(25)10-24-18(26)20(4,23-19(24)27)14-8-9-15(21)28-14/h5-9,11H,10H2,1-4H3,(H,22,25)(H,23,27)/t20-/m1/s1. The zero-order chi connectivity index (χ0) is 20.6. The van der Waals surface area contributed by atoms with E-state index in [-0.39, 0.29) is 12.5 Å². The quantitative estimate of drug-likeness (QED) is 0.646. The molecule has 148 valence electrons. The molecule has 1 atom stereocenters. The van der Waals surface area contributed by atoms with Crippen molar-refractivity contribution in [2.24, 2.45) is 0 Å². The zero-order valence-corrected chi connectivity index (χ0v) is 18.5. The number of rotatable bonds is 5. The van der Waals surface area contributed by atoms with Gasteiger partial charge >= 0.3 is 6.03 Å². The predicted molar refractivity (Wildman–Crippen MR) is 114 cm³/mol. The van der Waals surface area contributed by atoms with Gasteiger partial charge in [-0.1, -0.05) is 32.0 Å². The first-order valence-electron chi connectivity index (χ1n) is 8.92. The molecule has 1 aromatic carbocycles. The molecule has 1 fully saturated rings. The second-order valence-electron chi connectivity index (χ2n) is 7.29. The minimum atomic E-state index is -1.17. The summed E-state index contributed by atoms with van der Waals surface area (Å²) in [5, 5.41) is 5.60. The number of carbonyl (C=O) groups excluding carboxylic acids is 3. The van der Waals surface area contributed by atoms with E-state index in [1.54, 1.807) is 13.0 Å². The molecule has 28 heavy (non-hydrogen) atoms. The summed E-state index contributed by atoms with van der Waals surface area (Å²) in [4.78, 5) is 39.7. The maximum Gasteiger partial charge on any atom is 0.325 e. The van der Waals surface area contributed by atoms with Gasteiger partial charge in [0.15, 0.2) is 5.54 Å². The van der Waals surface area contributed by atoms with Crippen LogP contribution in [0.3, 0.4) is 0 Å². The van der Waals surface area contributed by atoms with Crippen LogP contribution in [0.1, 0.15) is 42.7 Å². The van der Waals surface area contributed by atoms with E-state index in [0.717, 1.165) is 25.5 Å². The second-order valence-corrected chi connectivity index (χ2v) is 9.76. The lowest BCUT2D eigenvalue weighted by Gasteiger charge is -2.20. The number of para-hydroxylation sites is 1. The summed E-state index contributed by atoms with van der Waals surface area (Å²) >= 11 is 4.75.